The van der Waals surface area contributed by atoms with Gasteiger partial charge in [0.05, 0.1) is 17.9 Å². The quantitative estimate of drug-likeness (QED) is 0.626. The van der Waals surface area contributed by atoms with Gasteiger partial charge in [0.1, 0.15) is 12.4 Å². The van der Waals surface area contributed by atoms with Crippen LogP contribution in [0.3, 0.4) is 0 Å². The summed E-state index contributed by atoms with van der Waals surface area (Å²) in [4.78, 5) is 31.5. The summed E-state index contributed by atoms with van der Waals surface area (Å²) in [7, 11) is 0. The largest absolute Gasteiger partial charge is 0.393 e. The summed E-state index contributed by atoms with van der Waals surface area (Å²) in [5.74, 6) is -0.316. The fourth-order valence-corrected chi connectivity index (χ4v) is 3.82. The highest BCUT2D eigenvalue weighted by atomic mass is 35.5. The van der Waals surface area contributed by atoms with Crippen molar-refractivity contribution >= 4 is 17.5 Å². The highest BCUT2D eigenvalue weighted by Crippen LogP contribution is 2.24. The van der Waals surface area contributed by atoms with E-state index in [9.17, 15) is 33.0 Å². The third kappa shape index (κ3) is 6.78. The molecule has 11 heteroatoms. The average molecular weight is 488 g/mol. The normalized spacial score (nSPS) is 16.1. The highest BCUT2D eigenvalue weighted by Gasteiger charge is 2.33. The standard InChI is InChI=1S/C22H25ClF3N3O4/c23-16-5-3-15(4-6-16)17-12-19(31)29(18(27-17)2-1-7-22(24,25)26)13-20(32)28-10-8-21(33,14-30)9-11-28/h3-6,12,30,33H,1-2,7-11,13-14H2. The van der Waals surface area contributed by atoms with Gasteiger partial charge >= 0.3 is 6.18 Å². The van der Waals surface area contributed by atoms with E-state index in [0.29, 0.717) is 10.6 Å². The smallest absolute Gasteiger partial charge is 0.389 e. The summed E-state index contributed by atoms with van der Waals surface area (Å²) in [6.07, 6.45) is -5.40. The van der Waals surface area contributed by atoms with E-state index in [0.717, 1.165) is 4.57 Å². The zero-order valence-electron chi connectivity index (χ0n) is 17.8. The minimum atomic E-state index is -4.34. The van der Waals surface area contributed by atoms with Crippen LogP contribution in [0.2, 0.25) is 5.02 Å². The number of alkyl halides is 3. The number of piperidine rings is 1. The van der Waals surface area contributed by atoms with E-state index in [-0.39, 0.29) is 56.8 Å². The Morgan fingerprint density at radius 2 is 1.82 bits per heavy atom. The average Bonchev–Trinajstić information content (AvgIpc) is 2.76. The number of halogens is 4. The fraction of sp³-hybridized carbons (Fsp3) is 0.500. The summed E-state index contributed by atoms with van der Waals surface area (Å²) in [5, 5.41) is 19.9. The van der Waals surface area contributed by atoms with Crippen LogP contribution in [-0.2, 0) is 17.8 Å². The van der Waals surface area contributed by atoms with E-state index in [4.69, 9.17) is 11.6 Å². The van der Waals surface area contributed by atoms with E-state index >= 15 is 0 Å². The van der Waals surface area contributed by atoms with Crippen molar-refractivity contribution in [2.45, 2.75) is 50.4 Å². The minimum absolute atomic E-state index is 0.0916. The van der Waals surface area contributed by atoms with Crippen LogP contribution < -0.4 is 5.56 Å². The number of carbonyl (C=O) groups is 1. The van der Waals surface area contributed by atoms with E-state index in [1.165, 1.54) is 11.0 Å². The SMILES string of the molecule is O=C(Cn1c(CCCC(F)(F)F)nc(-c2ccc(Cl)cc2)cc1=O)N1CCC(O)(CO)CC1. The lowest BCUT2D eigenvalue weighted by Crippen LogP contribution is -2.49. The van der Waals surface area contributed by atoms with Crippen molar-refractivity contribution in [1.82, 2.24) is 14.5 Å². The second-order valence-electron chi connectivity index (χ2n) is 8.22. The maximum Gasteiger partial charge on any atom is 0.389 e. The zero-order chi connectivity index (χ0) is 24.2. The van der Waals surface area contributed by atoms with Gasteiger partial charge in [0.15, 0.2) is 0 Å². The number of rotatable bonds is 7. The number of carbonyl (C=O) groups excluding carboxylic acids is 1. The number of hydrogen-bond acceptors (Lipinski definition) is 5. The van der Waals surface area contributed by atoms with Crippen molar-refractivity contribution in [3.05, 3.63) is 51.5 Å². The Morgan fingerprint density at radius 1 is 1.18 bits per heavy atom. The molecule has 1 aliphatic heterocycles. The highest BCUT2D eigenvalue weighted by molar-refractivity contribution is 6.30. The molecule has 180 valence electrons. The van der Waals surface area contributed by atoms with Gasteiger partial charge in [-0.05, 0) is 31.4 Å². The molecular weight excluding hydrogens is 463 g/mol. The first kappa shape index (κ1) is 25.2. The Balaban J connectivity index is 1.85. The first-order valence-electron chi connectivity index (χ1n) is 10.5. The predicted molar refractivity (Wildman–Crippen MR) is 116 cm³/mol. The number of hydrogen-bond donors (Lipinski definition) is 2. The molecule has 3 rings (SSSR count). The molecule has 0 aliphatic carbocycles. The van der Waals surface area contributed by atoms with Crippen molar-refractivity contribution in [3.8, 4) is 11.3 Å². The molecule has 1 aromatic heterocycles. The lowest BCUT2D eigenvalue weighted by atomic mass is 9.92. The van der Waals surface area contributed by atoms with Gasteiger partial charge in [0.2, 0.25) is 5.91 Å². The first-order chi connectivity index (χ1) is 15.5. The molecule has 0 atom stereocenters. The maximum atomic E-state index is 12.9. The van der Waals surface area contributed by atoms with Gasteiger partial charge in [-0.2, -0.15) is 13.2 Å². The Morgan fingerprint density at radius 3 is 2.39 bits per heavy atom. The molecule has 0 radical (unpaired) electrons. The van der Waals surface area contributed by atoms with Crippen molar-refractivity contribution in [2.75, 3.05) is 19.7 Å². The van der Waals surface area contributed by atoms with Crippen molar-refractivity contribution in [3.63, 3.8) is 0 Å². The number of aliphatic hydroxyl groups excluding tert-OH is 1. The third-order valence-electron chi connectivity index (χ3n) is 5.72. The molecule has 2 heterocycles. The van der Waals surface area contributed by atoms with Crippen LogP contribution >= 0.6 is 11.6 Å². The van der Waals surface area contributed by atoms with Gasteiger partial charge in [0.25, 0.3) is 5.56 Å². The van der Waals surface area contributed by atoms with Gasteiger partial charge in [-0.25, -0.2) is 4.98 Å². The molecule has 33 heavy (non-hydrogen) atoms. The molecule has 2 aromatic rings. The van der Waals surface area contributed by atoms with Crippen LogP contribution in [0, 0.1) is 0 Å². The molecule has 0 spiro atoms. The molecule has 0 unspecified atom stereocenters. The van der Waals surface area contributed by atoms with E-state index in [1.54, 1.807) is 24.3 Å². The monoisotopic (exact) mass is 487 g/mol. The Labute approximate surface area is 193 Å². The topological polar surface area (TPSA) is 95.7 Å². The van der Waals surface area contributed by atoms with Gasteiger partial charge in [-0.15, -0.1) is 0 Å². The summed E-state index contributed by atoms with van der Waals surface area (Å²) >= 11 is 5.89. The summed E-state index contributed by atoms with van der Waals surface area (Å²) < 4.78 is 39.1. The second kappa shape index (κ2) is 10.2. The third-order valence-corrected chi connectivity index (χ3v) is 5.97. The minimum Gasteiger partial charge on any atom is -0.393 e. The first-order valence-corrected chi connectivity index (χ1v) is 10.9. The molecule has 2 N–H and O–H groups in total. The molecule has 0 bridgehead atoms. The van der Waals surface area contributed by atoms with Crippen LogP contribution in [0.25, 0.3) is 11.3 Å². The van der Waals surface area contributed by atoms with Gasteiger partial charge in [-0.1, -0.05) is 23.7 Å². The van der Waals surface area contributed by atoms with Crippen LogP contribution in [0.1, 0.15) is 31.5 Å². The van der Waals surface area contributed by atoms with Crippen LogP contribution in [0.4, 0.5) is 13.2 Å². The maximum absolute atomic E-state index is 12.9. The Hall–Kier alpha value is -2.43. The van der Waals surface area contributed by atoms with E-state index < -0.39 is 36.3 Å². The van der Waals surface area contributed by atoms with E-state index in [2.05, 4.69) is 4.98 Å². The van der Waals surface area contributed by atoms with Crippen molar-refractivity contribution in [2.24, 2.45) is 0 Å². The fourth-order valence-electron chi connectivity index (χ4n) is 3.69. The molecule has 1 saturated heterocycles. The number of nitrogens with zero attached hydrogens (tertiary/aromatic N) is 3. The zero-order valence-corrected chi connectivity index (χ0v) is 18.6. The lowest BCUT2D eigenvalue weighted by Gasteiger charge is -2.37. The van der Waals surface area contributed by atoms with Gasteiger partial charge < -0.3 is 15.1 Å². The van der Waals surface area contributed by atoms with Crippen LogP contribution in [0.15, 0.2) is 35.1 Å². The number of aliphatic hydroxyl groups is 2. The number of aryl methyl sites for hydroxylation is 1. The molecule has 1 aromatic carbocycles. The number of amides is 1. The van der Waals surface area contributed by atoms with Crippen molar-refractivity contribution < 1.29 is 28.2 Å². The molecule has 1 fully saturated rings. The summed E-state index contributed by atoms with van der Waals surface area (Å²) in [6.45, 7) is -0.381. The van der Waals surface area contributed by atoms with Gasteiger partial charge in [0, 0.05) is 42.6 Å². The molecule has 7 nitrogen and oxygen atoms in total. The lowest BCUT2D eigenvalue weighted by molar-refractivity contribution is -0.138. The van der Waals surface area contributed by atoms with Gasteiger partial charge in [-0.3, -0.25) is 14.2 Å². The molecular formula is C22H25ClF3N3O4. The Kier molecular flexibility index (Phi) is 7.81. The molecule has 1 aliphatic rings. The predicted octanol–water partition coefficient (Wildman–Crippen LogP) is 2.79. The van der Waals surface area contributed by atoms with Crippen LogP contribution in [0.5, 0.6) is 0 Å². The second-order valence-corrected chi connectivity index (χ2v) is 8.66. The Bertz CT molecular complexity index is 1030. The summed E-state index contributed by atoms with van der Waals surface area (Å²) in [5.41, 5.74) is -0.924. The van der Waals surface area contributed by atoms with Crippen molar-refractivity contribution in [1.29, 1.82) is 0 Å². The number of likely N-dealkylation sites (tertiary alicyclic amines) is 1. The summed E-state index contributed by atoms with van der Waals surface area (Å²) in [6, 6.07) is 7.76. The molecule has 0 saturated carbocycles. The molecule has 1 amide bonds. The van der Waals surface area contributed by atoms with E-state index in [1.807, 2.05) is 0 Å². The number of benzene rings is 1. The van der Waals surface area contributed by atoms with Crippen LogP contribution in [-0.4, -0.2) is 62.0 Å². The number of aromatic nitrogens is 2.